The zero-order valence-electron chi connectivity index (χ0n) is 8.56. The Bertz CT molecular complexity index is 299. The summed E-state index contributed by atoms with van der Waals surface area (Å²) in [7, 11) is 2.11. The lowest BCUT2D eigenvalue weighted by atomic mass is 10.1. The van der Waals surface area contributed by atoms with Gasteiger partial charge >= 0.3 is 0 Å². The smallest absolute Gasteiger partial charge is 0.0595 e. The van der Waals surface area contributed by atoms with Gasteiger partial charge in [-0.2, -0.15) is 0 Å². The van der Waals surface area contributed by atoms with E-state index in [0.717, 1.165) is 19.5 Å². The van der Waals surface area contributed by atoms with Crippen LogP contribution in [-0.2, 0) is 6.42 Å². The molecule has 0 aliphatic carbocycles. The fraction of sp³-hybridized carbons (Fsp3) is 0.455. The Hall–Kier alpha value is -0.240. The summed E-state index contributed by atoms with van der Waals surface area (Å²) in [4.78, 5) is 2.27. The Morgan fingerprint density at radius 1 is 1.21 bits per heavy atom. The fourth-order valence-electron chi connectivity index (χ4n) is 1.17. The molecule has 0 aliphatic heterocycles. The molecule has 0 N–H and O–H groups in total. The van der Waals surface area contributed by atoms with Gasteiger partial charge in [-0.1, -0.05) is 36.2 Å². The van der Waals surface area contributed by atoms with Crippen molar-refractivity contribution in [2.75, 3.05) is 20.1 Å². The second-order valence-electron chi connectivity index (χ2n) is 3.39. The Morgan fingerprint density at radius 2 is 1.93 bits per heavy atom. The van der Waals surface area contributed by atoms with E-state index >= 15 is 0 Å². The first kappa shape index (κ1) is 11.8. The van der Waals surface area contributed by atoms with Crippen LogP contribution in [0.3, 0.4) is 0 Å². The number of benzene rings is 1. The van der Waals surface area contributed by atoms with E-state index in [2.05, 4.69) is 18.9 Å². The SMILES string of the molecule is CCN(C)CCc1ccc(Cl)c(Cl)c1. The standard InChI is InChI=1S/C11H15Cl2N/c1-3-14(2)7-6-9-4-5-10(12)11(13)8-9/h4-5,8H,3,6-7H2,1-2H3. The number of rotatable bonds is 4. The van der Waals surface area contributed by atoms with Crippen LogP contribution in [0.25, 0.3) is 0 Å². The summed E-state index contributed by atoms with van der Waals surface area (Å²) in [5.74, 6) is 0. The van der Waals surface area contributed by atoms with Crippen LogP contribution in [0.15, 0.2) is 18.2 Å². The van der Waals surface area contributed by atoms with E-state index in [1.54, 1.807) is 0 Å². The summed E-state index contributed by atoms with van der Waals surface area (Å²) in [6, 6.07) is 5.82. The predicted molar refractivity (Wildman–Crippen MR) is 63.3 cm³/mol. The maximum Gasteiger partial charge on any atom is 0.0595 e. The van der Waals surface area contributed by atoms with Crippen molar-refractivity contribution in [1.29, 1.82) is 0 Å². The summed E-state index contributed by atoms with van der Waals surface area (Å²) in [6.45, 7) is 4.27. The van der Waals surface area contributed by atoms with E-state index in [-0.39, 0.29) is 0 Å². The predicted octanol–water partition coefficient (Wildman–Crippen LogP) is 3.49. The lowest BCUT2D eigenvalue weighted by molar-refractivity contribution is 0.357. The number of halogens is 2. The third kappa shape index (κ3) is 3.49. The molecule has 0 saturated heterocycles. The summed E-state index contributed by atoms with van der Waals surface area (Å²) < 4.78 is 0. The van der Waals surface area contributed by atoms with Crippen LogP contribution in [-0.4, -0.2) is 25.0 Å². The van der Waals surface area contributed by atoms with Crippen molar-refractivity contribution >= 4 is 23.2 Å². The largest absolute Gasteiger partial charge is 0.306 e. The average Bonchev–Trinajstić information content (AvgIpc) is 2.19. The lowest BCUT2D eigenvalue weighted by Gasteiger charge is -2.13. The van der Waals surface area contributed by atoms with E-state index < -0.39 is 0 Å². The monoisotopic (exact) mass is 231 g/mol. The second-order valence-corrected chi connectivity index (χ2v) is 4.21. The summed E-state index contributed by atoms with van der Waals surface area (Å²) in [6.07, 6.45) is 1.02. The van der Waals surface area contributed by atoms with Crippen molar-refractivity contribution in [2.45, 2.75) is 13.3 Å². The molecule has 0 saturated carbocycles. The second kappa shape index (κ2) is 5.59. The number of hydrogen-bond donors (Lipinski definition) is 0. The van der Waals surface area contributed by atoms with Crippen LogP contribution in [0, 0.1) is 0 Å². The minimum absolute atomic E-state index is 0.624. The Labute approximate surface area is 95.6 Å². The van der Waals surface area contributed by atoms with Gasteiger partial charge in [0.25, 0.3) is 0 Å². The topological polar surface area (TPSA) is 3.24 Å². The summed E-state index contributed by atoms with van der Waals surface area (Å²) in [5.41, 5.74) is 1.24. The zero-order valence-corrected chi connectivity index (χ0v) is 10.1. The van der Waals surface area contributed by atoms with Gasteiger partial charge in [-0.3, -0.25) is 0 Å². The van der Waals surface area contributed by atoms with Crippen LogP contribution < -0.4 is 0 Å². The molecular formula is C11H15Cl2N. The number of hydrogen-bond acceptors (Lipinski definition) is 1. The van der Waals surface area contributed by atoms with Crippen LogP contribution >= 0.6 is 23.2 Å². The molecule has 0 aliphatic rings. The lowest BCUT2D eigenvalue weighted by Crippen LogP contribution is -2.20. The molecular weight excluding hydrogens is 217 g/mol. The molecule has 0 spiro atoms. The molecule has 0 fully saturated rings. The van der Waals surface area contributed by atoms with Crippen molar-refractivity contribution in [1.82, 2.24) is 4.90 Å². The third-order valence-electron chi connectivity index (χ3n) is 2.31. The maximum atomic E-state index is 5.92. The first-order valence-corrected chi connectivity index (χ1v) is 5.51. The van der Waals surface area contributed by atoms with Crippen LogP contribution in [0.4, 0.5) is 0 Å². The molecule has 0 atom stereocenters. The maximum absolute atomic E-state index is 5.92. The highest BCUT2D eigenvalue weighted by atomic mass is 35.5. The highest BCUT2D eigenvalue weighted by Gasteiger charge is 2.00. The van der Waals surface area contributed by atoms with Gasteiger partial charge in [0.05, 0.1) is 10.0 Å². The highest BCUT2D eigenvalue weighted by molar-refractivity contribution is 6.42. The molecule has 0 unspecified atom stereocenters. The van der Waals surface area contributed by atoms with Gasteiger partial charge in [-0.15, -0.1) is 0 Å². The van der Waals surface area contributed by atoms with Crippen molar-refractivity contribution in [3.63, 3.8) is 0 Å². The van der Waals surface area contributed by atoms with E-state index in [9.17, 15) is 0 Å². The molecule has 1 aromatic rings. The van der Waals surface area contributed by atoms with E-state index in [0.29, 0.717) is 10.0 Å². The molecule has 0 radical (unpaired) electrons. The van der Waals surface area contributed by atoms with E-state index in [1.807, 2.05) is 18.2 Å². The zero-order chi connectivity index (χ0) is 10.6. The third-order valence-corrected chi connectivity index (χ3v) is 3.05. The van der Waals surface area contributed by atoms with Crippen LogP contribution in [0.5, 0.6) is 0 Å². The van der Waals surface area contributed by atoms with Crippen LogP contribution in [0.1, 0.15) is 12.5 Å². The normalized spacial score (nSPS) is 10.9. The van der Waals surface area contributed by atoms with E-state index in [4.69, 9.17) is 23.2 Å². The van der Waals surface area contributed by atoms with Crippen LogP contribution in [0.2, 0.25) is 10.0 Å². The molecule has 0 aromatic heterocycles. The molecule has 1 nitrogen and oxygen atoms in total. The van der Waals surface area contributed by atoms with Gasteiger partial charge in [0.1, 0.15) is 0 Å². The molecule has 1 aromatic carbocycles. The Morgan fingerprint density at radius 3 is 2.50 bits per heavy atom. The van der Waals surface area contributed by atoms with E-state index in [1.165, 1.54) is 5.56 Å². The fourth-order valence-corrected chi connectivity index (χ4v) is 1.49. The molecule has 0 amide bonds. The minimum Gasteiger partial charge on any atom is -0.306 e. The average molecular weight is 232 g/mol. The van der Waals surface area contributed by atoms with Gasteiger partial charge < -0.3 is 4.90 Å². The summed E-state index contributed by atoms with van der Waals surface area (Å²) >= 11 is 11.7. The van der Waals surface area contributed by atoms with Gasteiger partial charge in [-0.05, 0) is 37.7 Å². The molecule has 0 heterocycles. The molecule has 1 rings (SSSR count). The van der Waals surface area contributed by atoms with Gasteiger partial charge in [0, 0.05) is 6.54 Å². The molecule has 3 heteroatoms. The molecule has 14 heavy (non-hydrogen) atoms. The first-order valence-electron chi connectivity index (χ1n) is 4.76. The first-order chi connectivity index (χ1) is 6.63. The van der Waals surface area contributed by atoms with Crippen molar-refractivity contribution in [3.8, 4) is 0 Å². The van der Waals surface area contributed by atoms with Gasteiger partial charge in [0.2, 0.25) is 0 Å². The molecule has 78 valence electrons. The Kier molecular flexibility index (Phi) is 4.73. The highest BCUT2D eigenvalue weighted by Crippen LogP contribution is 2.22. The van der Waals surface area contributed by atoms with Crippen molar-refractivity contribution in [3.05, 3.63) is 33.8 Å². The Balaban J connectivity index is 2.55. The molecule has 0 bridgehead atoms. The van der Waals surface area contributed by atoms with Crippen molar-refractivity contribution < 1.29 is 0 Å². The van der Waals surface area contributed by atoms with Gasteiger partial charge in [-0.25, -0.2) is 0 Å². The van der Waals surface area contributed by atoms with Gasteiger partial charge in [0.15, 0.2) is 0 Å². The minimum atomic E-state index is 0.624. The van der Waals surface area contributed by atoms with Crippen molar-refractivity contribution in [2.24, 2.45) is 0 Å². The number of likely N-dealkylation sites (N-methyl/N-ethyl adjacent to an activating group) is 1. The quantitative estimate of drug-likeness (QED) is 0.768. The number of nitrogens with zero attached hydrogens (tertiary/aromatic N) is 1. The summed E-state index contributed by atoms with van der Waals surface area (Å²) in [5, 5.41) is 1.27.